The van der Waals surface area contributed by atoms with Gasteiger partial charge in [-0.25, -0.2) is 19.9 Å². The van der Waals surface area contributed by atoms with E-state index in [0.29, 0.717) is 18.3 Å². The van der Waals surface area contributed by atoms with Gasteiger partial charge >= 0.3 is 0 Å². The van der Waals surface area contributed by atoms with E-state index in [1.165, 1.54) is 33.4 Å². The number of anilines is 8. The number of nitrogens with zero attached hydrogens (tertiary/aromatic N) is 8. The summed E-state index contributed by atoms with van der Waals surface area (Å²) in [6.07, 6.45) is 3.87. The summed E-state index contributed by atoms with van der Waals surface area (Å²) in [7, 11) is 0. The molecule has 0 saturated carbocycles. The summed E-state index contributed by atoms with van der Waals surface area (Å²) in [6, 6.07) is 53.9. The fraction of sp³-hybridized carbons (Fsp3) is 0.313. The zero-order valence-corrected chi connectivity index (χ0v) is 45.8. The molecular formula is C67H70N8. The van der Waals surface area contributed by atoms with Crippen LogP contribution in [0.4, 0.5) is 46.0 Å². The van der Waals surface area contributed by atoms with E-state index in [2.05, 4.69) is 248 Å². The Morgan fingerprint density at radius 1 is 0.493 bits per heavy atom. The molecule has 2 aromatic heterocycles. The van der Waals surface area contributed by atoms with Crippen LogP contribution in [0.2, 0.25) is 0 Å². The van der Waals surface area contributed by atoms with Crippen molar-refractivity contribution in [2.24, 2.45) is 5.41 Å². The van der Waals surface area contributed by atoms with Gasteiger partial charge in [0.25, 0.3) is 0 Å². The number of aromatic nitrogens is 4. The molecule has 378 valence electrons. The van der Waals surface area contributed by atoms with Crippen LogP contribution in [0.1, 0.15) is 135 Å². The predicted octanol–water partition coefficient (Wildman–Crippen LogP) is 17.1. The van der Waals surface area contributed by atoms with E-state index in [1.807, 2.05) is 12.4 Å². The third-order valence-corrected chi connectivity index (χ3v) is 17.1. The van der Waals surface area contributed by atoms with E-state index in [4.69, 9.17) is 26.5 Å². The van der Waals surface area contributed by atoms with Crippen LogP contribution >= 0.6 is 0 Å². The lowest BCUT2D eigenvalue weighted by Gasteiger charge is -2.63. The zero-order valence-electron chi connectivity index (χ0n) is 45.8. The van der Waals surface area contributed by atoms with E-state index in [0.717, 1.165) is 74.1 Å². The predicted molar refractivity (Wildman–Crippen MR) is 312 cm³/mol. The monoisotopic (exact) mass is 987 g/mol. The molecule has 12 rings (SSSR count). The number of allylic oxidation sites excluding steroid dienone is 1. The number of fused-ring (bicyclic) bond motifs is 14. The molecule has 0 spiro atoms. The minimum absolute atomic E-state index is 0.263. The molecule has 6 aromatic carbocycles. The summed E-state index contributed by atoms with van der Waals surface area (Å²) in [5.74, 6) is 3.99. The molecule has 0 radical (unpaired) electrons. The number of hydrogen-bond acceptors (Lipinski definition) is 8. The van der Waals surface area contributed by atoms with Crippen molar-refractivity contribution in [2.75, 3.05) is 19.6 Å². The summed E-state index contributed by atoms with van der Waals surface area (Å²) in [6.45, 7) is 32.8. The van der Waals surface area contributed by atoms with Crippen LogP contribution in [0, 0.1) is 5.41 Å². The van der Waals surface area contributed by atoms with Crippen molar-refractivity contribution in [3.05, 3.63) is 198 Å². The first-order valence-electron chi connectivity index (χ1n) is 27.0. The molecule has 0 amide bonds. The average molecular weight is 987 g/mol. The smallest absolute Gasteiger partial charge is 0.178 e. The van der Waals surface area contributed by atoms with E-state index in [1.54, 1.807) is 0 Å². The Hall–Kier alpha value is -7.58. The van der Waals surface area contributed by atoms with E-state index in [-0.39, 0.29) is 10.8 Å². The highest BCUT2D eigenvalue weighted by atomic mass is 15.5. The summed E-state index contributed by atoms with van der Waals surface area (Å²) < 4.78 is 0. The maximum absolute atomic E-state index is 5.81. The molecule has 0 saturated heterocycles. The van der Waals surface area contributed by atoms with Gasteiger partial charge in [-0.2, -0.15) is 0 Å². The van der Waals surface area contributed by atoms with Crippen molar-refractivity contribution >= 4 is 51.6 Å². The van der Waals surface area contributed by atoms with Crippen LogP contribution < -0.4 is 19.6 Å². The molecule has 4 aliphatic rings. The molecule has 4 unspecified atom stereocenters. The standard InChI is InChI=1S/C67H70N8/c1-41(2)48-28-20-22-30-51(48)44-32-34-50-43(5)38-66(12)53-35-33-45(52-31-23-21-29-49(52)42(3)4)37-55(53)75-59-60(70-56(40-69-59)64(6,7)8)73(47-26-18-15-19-27-47)63(75)67(66,13)62-72(46-24-16-14-17-25-46)58-61(74(62)54(50)36-44)71-57(39-68-58)65(9,10)11/h14-37,39-42,62-63H,5,38H2,1-4,6-13H3. The molecule has 8 aromatic rings. The minimum atomic E-state index is -0.774. The lowest BCUT2D eigenvalue weighted by Crippen LogP contribution is -2.71. The molecular weight excluding hydrogens is 917 g/mol. The van der Waals surface area contributed by atoms with E-state index in [9.17, 15) is 0 Å². The maximum Gasteiger partial charge on any atom is 0.178 e. The van der Waals surface area contributed by atoms with Crippen molar-refractivity contribution in [1.29, 1.82) is 0 Å². The Kier molecular flexibility index (Phi) is 11.1. The van der Waals surface area contributed by atoms with Crippen molar-refractivity contribution < 1.29 is 0 Å². The number of hydrogen-bond donors (Lipinski definition) is 0. The Morgan fingerprint density at radius 2 is 0.920 bits per heavy atom. The van der Waals surface area contributed by atoms with Gasteiger partial charge in [0.15, 0.2) is 23.3 Å². The highest BCUT2D eigenvalue weighted by molar-refractivity contribution is 5.95. The zero-order chi connectivity index (χ0) is 52.5. The van der Waals surface area contributed by atoms with Gasteiger partial charge in [0.05, 0.1) is 34.9 Å². The molecule has 4 aliphatic heterocycles. The molecule has 75 heavy (non-hydrogen) atoms. The van der Waals surface area contributed by atoms with Crippen LogP contribution in [0.3, 0.4) is 0 Å². The second-order valence-electron chi connectivity index (χ2n) is 24.5. The van der Waals surface area contributed by atoms with E-state index >= 15 is 0 Å². The number of benzene rings is 6. The lowest BCUT2D eigenvalue weighted by atomic mass is 9.52. The lowest BCUT2D eigenvalue weighted by molar-refractivity contribution is 0.0789. The fourth-order valence-corrected chi connectivity index (χ4v) is 13.0. The van der Waals surface area contributed by atoms with Gasteiger partial charge in [0, 0.05) is 38.9 Å². The second-order valence-corrected chi connectivity index (χ2v) is 24.5. The third kappa shape index (κ3) is 7.29. The van der Waals surface area contributed by atoms with Gasteiger partial charge < -0.3 is 19.6 Å². The third-order valence-electron chi connectivity index (χ3n) is 17.1. The average Bonchev–Trinajstić information content (AvgIpc) is 3.94. The van der Waals surface area contributed by atoms with Gasteiger partial charge in [0.2, 0.25) is 0 Å². The van der Waals surface area contributed by atoms with Crippen LogP contribution in [-0.4, -0.2) is 32.3 Å². The van der Waals surface area contributed by atoms with Crippen LogP contribution in [0.15, 0.2) is 165 Å². The quantitative estimate of drug-likeness (QED) is 0.163. The molecule has 0 aliphatic carbocycles. The van der Waals surface area contributed by atoms with Gasteiger partial charge in [-0.05, 0) is 99.2 Å². The van der Waals surface area contributed by atoms with Gasteiger partial charge in [-0.3, -0.25) is 0 Å². The fourth-order valence-electron chi connectivity index (χ4n) is 13.0. The van der Waals surface area contributed by atoms with Crippen molar-refractivity contribution in [2.45, 2.75) is 130 Å². The van der Waals surface area contributed by atoms with Crippen molar-refractivity contribution in [3.8, 4) is 22.3 Å². The first kappa shape index (κ1) is 48.4. The van der Waals surface area contributed by atoms with Crippen molar-refractivity contribution in [1.82, 2.24) is 19.9 Å². The molecule has 8 heteroatoms. The van der Waals surface area contributed by atoms with Crippen molar-refractivity contribution in [3.63, 3.8) is 0 Å². The topological polar surface area (TPSA) is 64.5 Å². The Balaban J connectivity index is 1.24. The van der Waals surface area contributed by atoms with Gasteiger partial charge in [0.1, 0.15) is 12.3 Å². The molecule has 0 bridgehead atoms. The molecule has 6 heterocycles. The minimum Gasteiger partial charge on any atom is -0.301 e. The molecule has 4 atom stereocenters. The SMILES string of the molecule is C=C1CC2(C)c3ccc(-c4ccccc4C(C)C)cc3N3c4ncc(C(C)(C)C)nc4N(c4ccccc4)C3C2(C)C2N(c3ccccc3)c3ncc(C(C)(C)C)nc3N2c2cc(-c3ccccc3C(C)C)ccc21. The molecule has 0 fully saturated rings. The first-order valence-corrected chi connectivity index (χ1v) is 27.0. The highest BCUT2D eigenvalue weighted by Gasteiger charge is 2.70. The van der Waals surface area contributed by atoms with Gasteiger partial charge in [-0.1, -0.05) is 199 Å². The Labute approximate surface area is 444 Å². The summed E-state index contributed by atoms with van der Waals surface area (Å²) >= 11 is 0. The Morgan fingerprint density at radius 3 is 1.43 bits per heavy atom. The summed E-state index contributed by atoms with van der Waals surface area (Å²) in [5, 5.41) is 0. The van der Waals surface area contributed by atoms with Crippen LogP contribution in [-0.2, 0) is 16.2 Å². The largest absolute Gasteiger partial charge is 0.301 e. The van der Waals surface area contributed by atoms with Crippen LogP contribution in [0.25, 0.3) is 27.8 Å². The first-order chi connectivity index (χ1) is 35.8. The number of rotatable bonds is 6. The normalized spacial score (nSPS) is 20.7. The highest BCUT2D eigenvalue weighted by Crippen LogP contribution is 2.70. The summed E-state index contributed by atoms with van der Waals surface area (Å²) in [5.41, 5.74) is 15.1. The van der Waals surface area contributed by atoms with E-state index < -0.39 is 23.2 Å². The molecule has 0 N–H and O–H groups in total. The Bertz CT molecular complexity index is 3550. The number of para-hydroxylation sites is 2. The van der Waals surface area contributed by atoms with Crippen LogP contribution in [0.5, 0.6) is 0 Å². The second kappa shape index (κ2) is 17.2. The van der Waals surface area contributed by atoms with Gasteiger partial charge in [-0.15, -0.1) is 0 Å². The summed E-state index contributed by atoms with van der Waals surface area (Å²) in [4.78, 5) is 32.9. The molecule has 8 nitrogen and oxygen atoms in total. The maximum atomic E-state index is 5.81.